The number of rotatable bonds is 6. The van der Waals surface area contributed by atoms with Gasteiger partial charge in [-0.2, -0.15) is 9.41 Å². The third kappa shape index (κ3) is 5.40. The highest BCUT2D eigenvalue weighted by molar-refractivity contribution is 7.89. The summed E-state index contributed by atoms with van der Waals surface area (Å²) in [5, 5.41) is 10.9. The molecule has 2 aliphatic heterocycles. The molecule has 0 spiro atoms. The van der Waals surface area contributed by atoms with Gasteiger partial charge >= 0.3 is 0 Å². The SMILES string of the molecule is Cc1ccc(S(=O)(=O)N2CCN(CC(=O)N3N=C4/C(=C/c5cccs5)CCCC4C3c3cccs3)CC2)cc1. The molecule has 2 atom stereocenters. The summed E-state index contributed by atoms with van der Waals surface area (Å²) >= 11 is 3.40. The van der Waals surface area contributed by atoms with Crippen LogP contribution in [0.1, 0.15) is 40.6 Å². The number of benzene rings is 1. The lowest BCUT2D eigenvalue weighted by molar-refractivity contribution is -0.135. The van der Waals surface area contributed by atoms with Crippen LogP contribution >= 0.6 is 22.7 Å². The summed E-state index contributed by atoms with van der Waals surface area (Å²) in [4.78, 5) is 18.5. The molecule has 3 aliphatic rings. The number of hydrogen-bond acceptors (Lipinski definition) is 7. The van der Waals surface area contributed by atoms with Crippen LogP contribution in [-0.4, -0.2) is 67.0 Å². The number of sulfonamides is 1. The van der Waals surface area contributed by atoms with Gasteiger partial charge in [-0.25, -0.2) is 13.4 Å². The highest BCUT2D eigenvalue weighted by Gasteiger charge is 2.44. The Labute approximate surface area is 238 Å². The van der Waals surface area contributed by atoms with Crippen molar-refractivity contribution in [3.63, 3.8) is 0 Å². The lowest BCUT2D eigenvalue weighted by Crippen LogP contribution is -2.51. The molecule has 6 rings (SSSR count). The molecule has 1 saturated heterocycles. The average Bonchev–Trinajstić information content (AvgIpc) is 3.71. The Morgan fingerprint density at radius 2 is 1.77 bits per heavy atom. The number of amides is 1. The lowest BCUT2D eigenvalue weighted by atomic mass is 9.79. The summed E-state index contributed by atoms with van der Waals surface area (Å²) in [7, 11) is -3.54. The molecule has 2 unspecified atom stereocenters. The number of hydrazone groups is 1. The second-order valence-corrected chi connectivity index (χ2v) is 14.3. The van der Waals surface area contributed by atoms with E-state index in [1.807, 2.05) is 25.1 Å². The normalized spacial score (nSPS) is 23.7. The minimum atomic E-state index is -3.54. The van der Waals surface area contributed by atoms with Crippen molar-refractivity contribution in [2.45, 2.75) is 37.1 Å². The predicted molar refractivity (Wildman–Crippen MR) is 157 cm³/mol. The molecule has 0 radical (unpaired) electrons. The van der Waals surface area contributed by atoms with Gasteiger partial charge in [-0.3, -0.25) is 9.69 Å². The Balaban J connectivity index is 1.17. The first-order valence-electron chi connectivity index (χ1n) is 13.4. The molecular formula is C29H32N4O3S3. The summed E-state index contributed by atoms with van der Waals surface area (Å²) < 4.78 is 27.7. The van der Waals surface area contributed by atoms with Gasteiger partial charge in [-0.05, 0) is 72.9 Å². The molecule has 1 aromatic carbocycles. The maximum atomic E-state index is 13.8. The van der Waals surface area contributed by atoms with Crippen molar-refractivity contribution in [1.29, 1.82) is 0 Å². The van der Waals surface area contributed by atoms with Crippen molar-refractivity contribution in [2.75, 3.05) is 32.7 Å². The Morgan fingerprint density at radius 1 is 1.03 bits per heavy atom. The topological polar surface area (TPSA) is 73.3 Å². The van der Waals surface area contributed by atoms with Crippen molar-refractivity contribution in [3.05, 3.63) is 80.2 Å². The molecule has 0 bridgehead atoms. The minimum Gasteiger partial charge on any atom is -0.292 e. The van der Waals surface area contributed by atoms with Crippen LogP contribution in [0, 0.1) is 12.8 Å². The molecule has 2 fully saturated rings. The maximum Gasteiger partial charge on any atom is 0.257 e. The summed E-state index contributed by atoms with van der Waals surface area (Å²) in [6, 6.07) is 15.2. The number of aryl methyl sites for hydroxylation is 1. The highest BCUT2D eigenvalue weighted by Crippen LogP contribution is 2.45. The van der Waals surface area contributed by atoms with Crippen LogP contribution in [0.5, 0.6) is 0 Å². The first kappa shape index (κ1) is 26.6. The van der Waals surface area contributed by atoms with E-state index in [-0.39, 0.29) is 24.4 Å². The molecule has 1 aliphatic carbocycles. The van der Waals surface area contributed by atoms with E-state index in [1.54, 1.807) is 39.8 Å². The fourth-order valence-electron chi connectivity index (χ4n) is 5.74. The summed E-state index contributed by atoms with van der Waals surface area (Å²) in [5.41, 5.74) is 3.31. The van der Waals surface area contributed by atoms with Gasteiger partial charge in [0, 0.05) is 41.9 Å². The number of hydrogen-bond donors (Lipinski definition) is 0. The van der Waals surface area contributed by atoms with E-state index >= 15 is 0 Å². The number of allylic oxidation sites excluding steroid dienone is 1. The van der Waals surface area contributed by atoms with Gasteiger partial charge < -0.3 is 0 Å². The van der Waals surface area contributed by atoms with Gasteiger partial charge in [0.25, 0.3) is 5.91 Å². The Morgan fingerprint density at radius 3 is 2.46 bits per heavy atom. The van der Waals surface area contributed by atoms with Crippen molar-refractivity contribution in [2.24, 2.45) is 11.0 Å². The second kappa shape index (κ2) is 11.1. The number of thiophene rings is 2. The summed E-state index contributed by atoms with van der Waals surface area (Å²) in [5.74, 6) is 0.171. The smallest absolute Gasteiger partial charge is 0.257 e. The van der Waals surface area contributed by atoms with Crippen LogP contribution in [0.2, 0.25) is 0 Å². The van der Waals surface area contributed by atoms with E-state index in [2.05, 4.69) is 39.9 Å². The highest BCUT2D eigenvalue weighted by atomic mass is 32.2. The zero-order valence-electron chi connectivity index (χ0n) is 21.9. The molecule has 3 aromatic rings. The van der Waals surface area contributed by atoms with Gasteiger partial charge in [0.2, 0.25) is 10.0 Å². The molecule has 7 nitrogen and oxygen atoms in total. The second-order valence-electron chi connectivity index (χ2n) is 10.4. The van der Waals surface area contributed by atoms with Crippen LogP contribution in [0.15, 0.2) is 74.9 Å². The molecule has 1 amide bonds. The van der Waals surface area contributed by atoms with E-state index in [9.17, 15) is 13.2 Å². The molecular weight excluding hydrogens is 549 g/mol. The van der Waals surface area contributed by atoms with Crippen LogP contribution in [-0.2, 0) is 14.8 Å². The third-order valence-corrected chi connectivity index (χ3v) is 11.5. The Hall–Kier alpha value is -2.63. The summed E-state index contributed by atoms with van der Waals surface area (Å²) in [6.07, 6.45) is 5.32. The molecule has 2 aromatic heterocycles. The Kier molecular flexibility index (Phi) is 7.56. The first-order chi connectivity index (χ1) is 18.9. The van der Waals surface area contributed by atoms with E-state index < -0.39 is 10.0 Å². The van der Waals surface area contributed by atoms with Crippen LogP contribution in [0.3, 0.4) is 0 Å². The molecule has 0 N–H and O–H groups in total. The van der Waals surface area contributed by atoms with E-state index in [0.717, 1.165) is 30.5 Å². The zero-order valence-corrected chi connectivity index (χ0v) is 24.4. The van der Waals surface area contributed by atoms with Gasteiger partial charge in [-0.15, -0.1) is 22.7 Å². The maximum absolute atomic E-state index is 13.8. The van der Waals surface area contributed by atoms with Crippen molar-refractivity contribution >= 4 is 50.4 Å². The largest absolute Gasteiger partial charge is 0.292 e. The number of piperazine rings is 1. The quantitative estimate of drug-likeness (QED) is 0.399. The van der Waals surface area contributed by atoms with E-state index in [1.165, 1.54) is 19.6 Å². The molecule has 204 valence electrons. The predicted octanol–water partition coefficient (Wildman–Crippen LogP) is 5.25. The molecule has 1 saturated carbocycles. The monoisotopic (exact) mass is 580 g/mol. The van der Waals surface area contributed by atoms with Gasteiger partial charge in [-0.1, -0.05) is 29.8 Å². The zero-order chi connectivity index (χ0) is 27.0. The fourth-order valence-corrected chi connectivity index (χ4v) is 8.72. The standard InChI is InChI=1S/C29H32N4O3S3/c1-21-9-11-24(12-10-21)39(35,36)32-15-13-31(14-16-32)20-27(34)33-29(26-8-4-18-38-26)25-7-2-5-22(28(25)30-33)19-23-6-3-17-37-23/h3-4,6,8-12,17-19,25,29H,2,5,7,13-16,20H2,1H3/b22-19+. The van der Waals surface area contributed by atoms with Crippen LogP contribution in [0.25, 0.3) is 6.08 Å². The van der Waals surface area contributed by atoms with Gasteiger partial charge in [0.15, 0.2) is 0 Å². The van der Waals surface area contributed by atoms with Gasteiger partial charge in [0.1, 0.15) is 0 Å². The van der Waals surface area contributed by atoms with Crippen molar-refractivity contribution < 1.29 is 13.2 Å². The number of carbonyl (C=O) groups excluding carboxylic acids is 1. The number of nitrogens with zero attached hydrogens (tertiary/aromatic N) is 4. The summed E-state index contributed by atoms with van der Waals surface area (Å²) in [6.45, 7) is 3.92. The number of carbonyl (C=O) groups is 1. The molecule has 10 heteroatoms. The first-order valence-corrected chi connectivity index (χ1v) is 16.6. The fraction of sp³-hybridized carbons (Fsp3) is 0.379. The van der Waals surface area contributed by atoms with Crippen LogP contribution < -0.4 is 0 Å². The minimum absolute atomic E-state index is 0.0272. The van der Waals surface area contributed by atoms with Crippen molar-refractivity contribution in [1.82, 2.24) is 14.2 Å². The van der Waals surface area contributed by atoms with Crippen LogP contribution in [0.4, 0.5) is 0 Å². The van der Waals surface area contributed by atoms with Crippen molar-refractivity contribution in [3.8, 4) is 0 Å². The third-order valence-electron chi connectivity index (χ3n) is 7.80. The Bertz CT molecular complexity index is 1470. The van der Waals surface area contributed by atoms with E-state index in [0.29, 0.717) is 31.1 Å². The molecule has 39 heavy (non-hydrogen) atoms. The van der Waals surface area contributed by atoms with Gasteiger partial charge in [0.05, 0.1) is 23.2 Å². The average molecular weight is 581 g/mol. The molecule has 4 heterocycles. The van der Waals surface area contributed by atoms with E-state index in [4.69, 9.17) is 5.10 Å². The lowest BCUT2D eigenvalue weighted by Gasteiger charge is -2.35. The number of fused-ring (bicyclic) bond motifs is 1.